The molecule has 2 aliphatic carbocycles. The molecule has 0 saturated heterocycles. The third kappa shape index (κ3) is 3.97. The summed E-state index contributed by atoms with van der Waals surface area (Å²) >= 11 is 1.80. The normalized spacial score (nSPS) is 15.9. The van der Waals surface area contributed by atoms with Crippen molar-refractivity contribution in [1.29, 1.82) is 0 Å². The van der Waals surface area contributed by atoms with Gasteiger partial charge >= 0.3 is 0 Å². The van der Waals surface area contributed by atoms with Crippen LogP contribution in [0.5, 0.6) is 0 Å². The number of anilines is 2. The smallest absolute Gasteiger partial charge is 0.227 e. The van der Waals surface area contributed by atoms with E-state index in [0.29, 0.717) is 5.82 Å². The number of thiophene rings is 1. The van der Waals surface area contributed by atoms with Gasteiger partial charge in [0.25, 0.3) is 0 Å². The van der Waals surface area contributed by atoms with E-state index in [1.54, 1.807) is 17.5 Å². The van der Waals surface area contributed by atoms with Gasteiger partial charge in [-0.2, -0.15) is 0 Å². The Hall–Kier alpha value is -3.32. The molecule has 166 valence electrons. The molecule has 0 bridgehead atoms. The quantitative estimate of drug-likeness (QED) is 0.386. The third-order valence-electron chi connectivity index (χ3n) is 6.46. The zero-order valence-electron chi connectivity index (χ0n) is 18.5. The molecule has 1 unspecified atom stereocenters. The Morgan fingerprint density at radius 2 is 1.97 bits per heavy atom. The van der Waals surface area contributed by atoms with Crippen LogP contribution >= 0.6 is 11.3 Å². The number of aromatic nitrogens is 3. The molecule has 1 atom stereocenters. The highest BCUT2D eigenvalue weighted by Gasteiger charge is 2.29. The van der Waals surface area contributed by atoms with Gasteiger partial charge in [-0.15, -0.1) is 11.3 Å². The molecule has 3 heterocycles. The molecular formula is C26H25N5OS. The molecule has 3 aromatic heterocycles. The molecule has 1 fully saturated rings. The number of benzene rings is 1. The van der Waals surface area contributed by atoms with E-state index in [1.807, 2.05) is 30.5 Å². The number of hydrogen-bond acceptors (Lipinski definition) is 6. The average Bonchev–Trinajstić information content (AvgIpc) is 3.50. The minimum absolute atomic E-state index is 0.0509. The van der Waals surface area contributed by atoms with Crippen molar-refractivity contribution < 1.29 is 4.79 Å². The fourth-order valence-corrected chi connectivity index (χ4v) is 5.72. The Morgan fingerprint density at radius 1 is 1.12 bits per heavy atom. The fraction of sp³-hybridized carbons (Fsp3) is 0.308. The maximum Gasteiger partial charge on any atom is 0.227 e. The van der Waals surface area contributed by atoms with Gasteiger partial charge in [0.2, 0.25) is 5.91 Å². The number of carbonyl (C=O) groups is 1. The number of pyridine rings is 1. The van der Waals surface area contributed by atoms with E-state index in [2.05, 4.69) is 34.7 Å². The molecule has 33 heavy (non-hydrogen) atoms. The van der Waals surface area contributed by atoms with Crippen LogP contribution < -0.4 is 10.6 Å². The van der Waals surface area contributed by atoms with Crippen LogP contribution in [0.2, 0.25) is 0 Å². The summed E-state index contributed by atoms with van der Waals surface area (Å²) < 4.78 is 0. The Labute approximate surface area is 196 Å². The fourth-order valence-electron chi connectivity index (χ4n) is 4.46. The van der Waals surface area contributed by atoms with Crippen molar-refractivity contribution in [3.8, 4) is 11.4 Å². The lowest BCUT2D eigenvalue weighted by atomic mass is 10.1. The van der Waals surface area contributed by atoms with E-state index in [-0.39, 0.29) is 17.9 Å². The summed E-state index contributed by atoms with van der Waals surface area (Å²) in [5.41, 5.74) is 4.31. The highest BCUT2D eigenvalue weighted by molar-refractivity contribution is 7.19. The van der Waals surface area contributed by atoms with Crippen LogP contribution in [0.25, 0.3) is 21.6 Å². The van der Waals surface area contributed by atoms with Crippen LogP contribution in [-0.2, 0) is 17.6 Å². The van der Waals surface area contributed by atoms with Crippen LogP contribution in [0.4, 0.5) is 11.5 Å². The van der Waals surface area contributed by atoms with Gasteiger partial charge in [-0.25, -0.2) is 9.97 Å². The molecule has 1 aromatic carbocycles. The van der Waals surface area contributed by atoms with Crippen LogP contribution in [0.15, 0.2) is 48.8 Å². The lowest BCUT2D eigenvalue weighted by Gasteiger charge is -2.17. The molecular weight excluding hydrogens is 430 g/mol. The lowest BCUT2D eigenvalue weighted by molar-refractivity contribution is -0.117. The number of aryl methyl sites for hydroxylation is 2. The maximum atomic E-state index is 12.0. The SMILES string of the molecule is CC(Nc1nc(-c2cccnc2)nc2sc3c(c12)CCC3)c1ccc(NC(=O)C2CC2)cc1. The van der Waals surface area contributed by atoms with Gasteiger partial charge in [-0.05, 0) is 74.4 Å². The minimum Gasteiger partial charge on any atom is -0.363 e. The largest absolute Gasteiger partial charge is 0.363 e. The Kier molecular flexibility index (Phi) is 5.06. The number of nitrogens with one attached hydrogen (secondary N) is 2. The zero-order chi connectivity index (χ0) is 22.4. The van der Waals surface area contributed by atoms with E-state index in [0.717, 1.165) is 53.1 Å². The molecule has 6 nitrogen and oxygen atoms in total. The topological polar surface area (TPSA) is 79.8 Å². The molecule has 2 N–H and O–H groups in total. The summed E-state index contributed by atoms with van der Waals surface area (Å²) in [6, 6.07) is 12.1. The van der Waals surface area contributed by atoms with Crippen molar-refractivity contribution in [2.45, 2.75) is 45.1 Å². The Balaban J connectivity index is 1.31. The van der Waals surface area contributed by atoms with E-state index >= 15 is 0 Å². The first-order valence-electron chi connectivity index (χ1n) is 11.6. The van der Waals surface area contributed by atoms with Crippen molar-refractivity contribution in [1.82, 2.24) is 15.0 Å². The highest BCUT2D eigenvalue weighted by Crippen LogP contribution is 2.41. The number of fused-ring (bicyclic) bond motifs is 3. The van der Waals surface area contributed by atoms with E-state index < -0.39 is 0 Å². The molecule has 1 amide bonds. The van der Waals surface area contributed by atoms with Crippen LogP contribution in [0.1, 0.15) is 48.2 Å². The minimum atomic E-state index is 0.0509. The zero-order valence-corrected chi connectivity index (χ0v) is 19.3. The number of hydrogen-bond donors (Lipinski definition) is 2. The van der Waals surface area contributed by atoms with Crippen molar-refractivity contribution >= 4 is 39.0 Å². The maximum absolute atomic E-state index is 12.0. The highest BCUT2D eigenvalue weighted by atomic mass is 32.1. The molecule has 0 aliphatic heterocycles. The van der Waals surface area contributed by atoms with Gasteiger partial charge in [0.05, 0.1) is 5.39 Å². The molecule has 0 spiro atoms. The molecule has 2 aliphatic rings. The van der Waals surface area contributed by atoms with Gasteiger partial charge in [-0.1, -0.05) is 12.1 Å². The predicted molar refractivity (Wildman–Crippen MR) is 133 cm³/mol. The standard InChI is InChI=1S/C26H25N5OS/c1-15(16-9-11-19(12-10-16)29-25(32)17-7-8-17)28-24-22-20-5-2-6-21(20)33-26(22)31-23(30-24)18-4-3-13-27-14-18/h3-4,9-15,17H,2,5-8H2,1H3,(H,29,32)(H,28,30,31). The van der Waals surface area contributed by atoms with Crippen LogP contribution in [0, 0.1) is 5.92 Å². The first kappa shape index (κ1) is 20.3. The average molecular weight is 456 g/mol. The molecule has 0 radical (unpaired) electrons. The van der Waals surface area contributed by atoms with Crippen molar-refractivity contribution in [2.75, 3.05) is 10.6 Å². The van der Waals surface area contributed by atoms with E-state index in [4.69, 9.17) is 9.97 Å². The first-order valence-corrected chi connectivity index (χ1v) is 12.4. The monoisotopic (exact) mass is 455 g/mol. The number of amides is 1. The number of carbonyl (C=O) groups excluding carboxylic acids is 1. The second kappa shape index (κ2) is 8.23. The first-order chi connectivity index (χ1) is 16.2. The van der Waals surface area contributed by atoms with Crippen molar-refractivity contribution in [2.24, 2.45) is 5.92 Å². The molecule has 7 heteroatoms. The van der Waals surface area contributed by atoms with Crippen molar-refractivity contribution in [3.05, 3.63) is 64.8 Å². The van der Waals surface area contributed by atoms with Crippen LogP contribution in [0.3, 0.4) is 0 Å². The van der Waals surface area contributed by atoms with Gasteiger partial charge < -0.3 is 10.6 Å². The predicted octanol–water partition coefficient (Wildman–Crippen LogP) is 5.76. The molecule has 6 rings (SSSR count). The van der Waals surface area contributed by atoms with Gasteiger partial charge in [0.15, 0.2) is 5.82 Å². The number of rotatable bonds is 6. The second-order valence-corrected chi connectivity index (χ2v) is 10.0. The molecule has 1 saturated carbocycles. The van der Waals surface area contributed by atoms with Gasteiger partial charge in [-0.3, -0.25) is 9.78 Å². The van der Waals surface area contributed by atoms with E-state index in [1.165, 1.54) is 22.2 Å². The third-order valence-corrected chi connectivity index (χ3v) is 7.65. The Bertz CT molecular complexity index is 1330. The lowest BCUT2D eigenvalue weighted by Crippen LogP contribution is -2.13. The number of nitrogens with zero attached hydrogens (tertiary/aromatic N) is 3. The van der Waals surface area contributed by atoms with Crippen LogP contribution in [-0.4, -0.2) is 20.9 Å². The second-order valence-electron chi connectivity index (χ2n) is 8.93. The summed E-state index contributed by atoms with van der Waals surface area (Å²) in [5, 5.41) is 7.84. The molecule has 4 aromatic rings. The Morgan fingerprint density at radius 3 is 2.73 bits per heavy atom. The van der Waals surface area contributed by atoms with Crippen molar-refractivity contribution in [3.63, 3.8) is 0 Å². The summed E-state index contributed by atoms with van der Waals surface area (Å²) in [6.45, 7) is 2.14. The van der Waals surface area contributed by atoms with E-state index in [9.17, 15) is 4.79 Å². The summed E-state index contributed by atoms with van der Waals surface area (Å²) in [7, 11) is 0. The summed E-state index contributed by atoms with van der Waals surface area (Å²) in [6.07, 6.45) is 9.00. The van der Waals surface area contributed by atoms with Gasteiger partial charge in [0, 0.05) is 40.5 Å². The summed E-state index contributed by atoms with van der Waals surface area (Å²) in [4.78, 5) is 28.6. The van der Waals surface area contributed by atoms with Gasteiger partial charge in [0.1, 0.15) is 10.6 Å². The summed E-state index contributed by atoms with van der Waals surface area (Å²) in [5.74, 6) is 1.92.